The van der Waals surface area contributed by atoms with Crippen LogP contribution in [0, 0.1) is 22.7 Å². The second-order valence-corrected chi connectivity index (χ2v) is 2.57. The van der Waals surface area contributed by atoms with Crippen molar-refractivity contribution in [2.45, 2.75) is 0 Å². The highest BCUT2D eigenvalue weighted by Crippen LogP contribution is 1.91. The molecule has 0 radical (unpaired) electrons. The molecule has 0 aromatic carbocycles. The molecule has 48 valence electrons. The van der Waals surface area contributed by atoms with Crippen LogP contribution in [-0.2, 0) is 0 Å². The van der Waals surface area contributed by atoms with E-state index in [-0.39, 0.29) is 0 Å². The molecule has 0 saturated carbocycles. The van der Waals surface area contributed by atoms with Crippen LogP contribution in [0.3, 0.4) is 0 Å². The van der Waals surface area contributed by atoms with E-state index in [4.69, 9.17) is 10.5 Å². The van der Waals surface area contributed by atoms with E-state index in [9.17, 15) is 0 Å². The van der Waals surface area contributed by atoms with E-state index in [1.165, 1.54) is 0 Å². The molecule has 0 spiro atoms. The number of rotatable bonds is 2. The molecule has 0 fully saturated rings. The summed E-state index contributed by atoms with van der Waals surface area (Å²) in [6.07, 6.45) is 0. The maximum atomic E-state index is 8.25. The number of nitriles is 2. The standard InChI is InChI=1S/C6H10N3/c1-9(2,5-3-7)6-4-8/h5-6H2,1-2H3/q+1. The Kier molecular flexibility index (Phi) is 2.70. The highest BCUT2D eigenvalue weighted by atomic mass is 15.3. The molecule has 0 unspecified atom stereocenters. The average molecular weight is 124 g/mol. The van der Waals surface area contributed by atoms with Gasteiger partial charge >= 0.3 is 0 Å². The SMILES string of the molecule is C[N+](C)(CC#N)CC#N. The first kappa shape index (κ1) is 7.94. The Hall–Kier alpha value is -1.06. The molecule has 0 aromatic rings. The summed E-state index contributed by atoms with van der Waals surface area (Å²) in [5.74, 6) is 0. The zero-order chi connectivity index (χ0) is 7.33. The van der Waals surface area contributed by atoms with Crippen molar-refractivity contribution in [3.05, 3.63) is 0 Å². The second kappa shape index (κ2) is 3.06. The molecule has 0 saturated heterocycles. The molecule has 0 atom stereocenters. The summed E-state index contributed by atoms with van der Waals surface area (Å²) in [7, 11) is 3.71. The Balaban J connectivity index is 3.77. The Morgan fingerprint density at radius 3 is 1.67 bits per heavy atom. The summed E-state index contributed by atoms with van der Waals surface area (Å²) in [4.78, 5) is 0. The molecule has 0 N–H and O–H groups in total. The molecule has 9 heavy (non-hydrogen) atoms. The number of hydrogen-bond donors (Lipinski definition) is 0. The zero-order valence-electron chi connectivity index (χ0n) is 5.76. The fourth-order valence-electron chi connectivity index (χ4n) is 0.439. The van der Waals surface area contributed by atoms with Gasteiger partial charge in [-0.3, -0.25) is 0 Å². The van der Waals surface area contributed by atoms with Crippen molar-refractivity contribution < 1.29 is 4.48 Å². The Bertz CT molecular complexity index is 140. The lowest BCUT2D eigenvalue weighted by atomic mass is 10.5. The van der Waals surface area contributed by atoms with Crippen LogP contribution in [0.5, 0.6) is 0 Å². The first-order chi connectivity index (χ1) is 4.12. The fourth-order valence-corrected chi connectivity index (χ4v) is 0.439. The third-order valence-corrected chi connectivity index (χ3v) is 0.997. The molecular weight excluding hydrogens is 114 g/mol. The summed E-state index contributed by atoms with van der Waals surface area (Å²) in [5.41, 5.74) is 0. The smallest absolute Gasteiger partial charge is 0.166 e. The van der Waals surface area contributed by atoms with Crippen LogP contribution in [0.1, 0.15) is 0 Å². The van der Waals surface area contributed by atoms with Crippen LogP contribution in [0.2, 0.25) is 0 Å². The first-order valence-corrected chi connectivity index (χ1v) is 2.68. The summed E-state index contributed by atoms with van der Waals surface area (Å²) in [6.45, 7) is 0.793. The largest absolute Gasteiger partial charge is 0.305 e. The van der Waals surface area contributed by atoms with E-state index in [0.717, 1.165) is 0 Å². The minimum atomic E-state index is 0.396. The van der Waals surface area contributed by atoms with Crippen LogP contribution >= 0.6 is 0 Å². The fraction of sp³-hybridized carbons (Fsp3) is 0.667. The van der Waals surface area contributed by atoms with Gasteiger partial charge in [0.15, 0.2) is 13.1 Å². The van der Waals surface area contributed by atoms with Gasteiger partial charge in [0.2, 0.25) is 0 Å². The predicted molar refractivity (Wildman–Crippen MR) is 33.1 cm³/mol. The average Bonchev–Trinajstić information content (AvgIpc) is 1.64. The number of hydrogen-bond acceptors (Lipinski definition) is 2. The second-order valence-electron chi connectivity index (χ2n) is 2.57. The summed E-state index contributed by atoms with van der Waals surface area (Å²) in [5, 5.41) is 16.5. The molecule has 0 rings (SSSR count). The zero-order valence-corrected chi connectivity index (χ0v) is 5.76. The van der Waals surface area contributed by atoms with Gasteiger partial charge in [-0.15, -0.1) is 0 Å². The predicted octanol–water partition coefficient (Wildman–Crippen LogP) is 0.110. The molecule has 0 aliphatic rings. The summed E-state index contributed by atoms with van der Waals surface area (Å²) >= 11 is 0. The highest BCUT2D eigenvalue weighted by molar-refractivity contribution is 4.72. The van der Waals surface area contributed by atoms with Crippen LogP contribution in [0.4, 0.5) is 0 Å². The van der Waals surface area contributed by atoms with Crippen molar-refractivity contribution in [3.63, 3.8) is 0 Å². The lowest BCUT2D eigenvalue weighted by molar-refractivity contribution is -0.876. The summed E-state index contributed by atoms with van der Waals surface area (Å²) < 4.78 is 0.465. The minimum absolute atomic E-state index is 0.396. The molecule has 3 nitrogen and oxygen atoms in total. The molecule has 0 aromatic heterocycles. The van der Waals surface area contributed by atoms with Crippen molar-refractivity contribution >= 4 is 0 Å². The molecule has 0 amide bonds. The number of nitrogens with zero attached hydrogens (tertiary/aromatic N) is 3. The van der Waals surface area contributed by atoms with Crippen molar-refractivity contribution in [1.29, 1.82) is 10.5 Å². The molecule has 3 heteroatoms. The van der Waals surface area contributed by atoms with E-state index >= 15 is 0 Å². The lowest BCUT2D eigenvalue weighted by Crippen LogP contribution is -2.39. The molecule has 0 heterocycles. The van der Waals surface area contributed by atoms with Crippen LogP contribution in [-0.4, -0.2) is 31.7 Å². The van der Waals surface area contributed by atoms with Crippen LogP contribution < -0.4 is 0 Å². The van der Waals surface area contributed by atoms with Gasteiger partial charge in [0.25, 0.3) is 0 Å². The number of quaternary nitrogens is 1. The van der Waals surface area contributed by atoms with E-state index in [0.29, 0.717) is 17.6 Å². The minimum Gasteiger partial charge on any atom is -0.305 e. The molecule has 0 aliphatic heterocycles. The van der Waals surface area contributed by atoms with Gasteiger partial charge in [0.05, 0.1) is 14.1 Å². The highest BCUT2D eigenvalue weighted by Gasteiger charge is 2.11. The molecule has 0 aliphatic carbocycles. The topological polar surface area (TPSA) is 47.6 Å². The quantitative estimate of drug-likeness (QED) is 0.387. The van der Waals surface area contributed by atoms with Gasteiger partial charge in [-0.05, 0) is 0 Å². The normalized spacial score (nSPS) is 9.78. The Labute approximate surface area is 55.3 Å². The van der Waals surface area contributed by atoms with E-state index in [1.54, 1.807) is 0 Å². The third kappa shape index (κ3) is 3.52. The lowest BCUT2D eigenvalue weighted by Gasteiger charge is -2.22. The van der Waals surface area contributed by atoms with Crippen molar-refractivity contribution in [1.82, 2.24) is 0 Å². The maximum Gasteiger partial charge on any atom is 0.166 e. The van der Waals surface area contributed by atoms with Crippen LogP contribution in [0.15, 0.2) is 0 Å². The van der Waals surface area contributed by atoms with E-state index in [2.05, 4.69) is 0 Å². The molecular formula is C6H10N3+. The maximum absolute atomic E-state index is 8.25. The Morgan fingerprint density at radius 1 is 1.11 bits per heavy atom. The van der Waals surface area contributed by atoms with E-state index < -0.39 is 0 Å². The van der Waals surface area contributed by atoms with Gasteiger partial charge in [-0.25, -0.2) is 0 Å². The monoisotopic (exact) mass is 124 g/mol. The van der Waals surface area contributed by atoms with Crippen LogP contribution in [0.25, 0.3) is 0 Å². The first-order valence-electron chi connectivity index (χ1n) is 2.68. The van der Waals surface area contributed by atoms with Gasteiger partial charge in [-0.2, -0.15) is 10.5 Å². The summed E-state index contributed by atoms with van der Waals surface area (Å²) in [6, 6.07) is 4.03. The Morgan fingerprint density at radius 2 is 1.44 bits per heavy atom. The van der Waals surface area contributed by atoms with Crippen molar-refractivity contribution in [2.75, 3.05) is 27.2 Å². The van der Waals surface area contributed by atoms with Gasteiger partial charge < -0.3 is 4.48 Å². The molecule has 0 bridgehead atoms. The van der Waals surface area contributed by atoms with Gasteiger partial charge in [0, 0.05) is 0 Å². The third-order valence-electron chi connectivity index (χ3n) is 0.997. The van der Waals surface area contributed by atoms with Gasteiger partial charge in [0.1, 0.15) is 12.1 Å². The van der Waals surface area contributed by atoms with Gasteiger partial charge in [-0.1, -0.05) is 0 Å². The van der Waals surface area contributed by atoms with E-state index in [1.807, 2.05) is 26.2 Å². The van der Waals surface area contributed by atoms with Crippen molar-refractivity contribution in [2.24, 2.45) is 0 Å². The van der Waals surface area contributed by atoms with Crippen molar-refractivity contribution in [3.8, 4) is 12.1 Å².